The zero-order chi connectivity index (χ0) is 29.7. The Bertz CT molecular complexity index is 2100. The van der Waals surface area contributed by atoms with E-state index >= 15 is 0 Å². The van der Waals surface area contributed by atoms with Crippen molar-refractivity contribution in [1.29, 1.82) is 0 Å². The largest absolute Gasteiger partial charge is 0.478 e. The van der Waals surface area contributed by atoms with Gasteiger partial charge in [0, 0.05) is 16.6 Å². The summed E-state index contributed by atoms with van der Waals surface area (Å²) in [5.41, 5.74) is -1.43. The molecule has 0 amide bonds. The predicted molar refractivity (Wildman–Crippen MR) is 151 cm³/mol. The van der Waals surface area contributed by atoms with Crippen molar-refractivity contribution in [2.24, 2.45) is 0 Å². The van der Waals surface area contributed by atoms with Gasteiger partial charge in [-0.05, 0) is 54.1 Å². The van der Waals surface area contributed by atoms with Crippen molar-refractivity contribution in [3.63, 3.8) is 0 Å². The van der Waals surface area contributed by atoms with Gasteiger partial charge < -0.3 is 25.4 Å². The van der Waals surface area contributed by atoms with E-state index < -0.39 is 51.9 Å². The number of carboxylic acids is 3. The molecule has 8 bridgehead atoms. The van der Waals surface area contributed by atoms with Gasteiger partial charge in [0.2, 0.25) is 0 Å². The van der Waals surface area contributed by atoms with E-state index in [1.165, 1.54) is 18.2 Å². The fraction of sp³-hybridized carbons (Fsp3) is 0. The Morgan fingerprint density at radius 3 is 1.95 bits per heavy atom. The number of aromatic carboxylic acids is 1. The minimum absolute atomic E-state index is 0.0303. The minimum atomic E-state index is -1.75. The zero-order valence-corrected chi connectivity index (χ0v) is 21.3. The van der Waals surface area contributed by atoms with Crippen molar-refractivity contribution in [3.05, 3.63) is 95.1 Å². The molecule has 0 saturated heterocycles. The van der Waals surface area contributed by atoms with E-state index in [9.17, 15) is 39.6 Å². The maximum atomic E-state index is 13.0. The molecule has 0 radical (unpaired) electrons. The third kappa shape index (κ3) is 4.29. The molecule has 0 saturated carbocycles. The second kappa shape index (κ2) is 9.71. The molecule has 6 rings (SSSR count). The number of hydrogen-bond donors (Lipinski definition) is 5. The topological polar surface area (TPSA) is 196 Å². The molecular formula is C30H18N4O8. The van der Waals surface area contributed by atoms with E-state index in [0.717, 1.165) is 0 Å². The predicted octanol–water partition coefficient (Wildman–Crippen LogP) is 4.93. The quantitative estimate of drug-likeness (QED) is 0.200. The van der Waals surface area contributed by atoms with Crippen LogP contribution in [0.2, 0.25) is 0 Å². The van der Waals surface area contributed by atoms with E-state index in [0.29, 0.717) is 32.6 Å². The number of fused-ring (bicyclic) bond motifs is 8. The van der Waals surface area contributed by atoms with Crippen LogP contribution in [0, 0.1) is 0 Å². The Balaban J connectivity index is 1.95. The second-order valence-electron chi connectivity index (χ2n) is 9.30. The van der Waals surface area contributed by atoms with Crippen molar-refractivity contribution in [1.82, 2.24) is 19.5 Å². The first-order chi connectivity index (χ1) is 20.1. The van der Waals surface area contributed by atoms with Gasteiger partial charge in [-0.25, -0.2) is 33.7 Å². The molecule has 0 spiro atoms. The first kappa shape index (κ1) is 26.0. The SMILES string of the molecule is O=C(O)C1=C(C(=O)O)c2nc1cc1ccc(cc3nc(cc4cc(-c5ccccc5)c(c2C(=O)O)n4C(=O)O)C=C3)[nH]1. The molecular weight excluding hydrogens is 544 g/mol. The molecule has 5 heterocycles. The Morgan fingerprint density at radius 1 is 0.690 bits per heavy atom. The van der Waals surface area contributed by atoms with E-state index in [2.05, 4.69) is 15.0 Å². The van der Waals surface area contributed by atoms with E-state index in [-0.39, 0.29) is 16.8 Å². The lowest BCUT2D eigenvalue weighted by molar-refractivity contribution is -0.132. The van der Waals surface area contributed by atoms with Gasteiger partial charge in [0.15, 0.2) is 0 Å². The monoisotopic (exact) mass is 562 g/mol. The molecule has 0 atom stereocenters. The number of aliphatic carboxylic acids is 2. The van der Waals surface area contributed by atoms with Gasteiger partial charge in [-0.15, -0.1) is 0 Å². The van der Waals surface area contributed by atoms with E-state index in [4.69, 9.17) is 0 Å². The third-order valence-corrected chi connectivity index (χ3v) is 6.70. The van der Waals surface area contributed by atoms with Gasteiger partial charge >= 0.3 is 24.0 Å². The summed E-state index contributed by atoms with van der Waals surface area (Å²) >= 11 is 0. The fourth-order valence-electron chi connectivity index (χ4n) is 5.04. The van der Waals surface area contributed by atoms with E-state index in [1.54, 1.807) is 60.7 Å². The van der Waals surface area contributed by atoms with Crippen LogP contribution in [0.25, 0.3) is 56.5 Å². The highest BCUT2D eigenvalue weighted by atomic mass is 16.4. The molecule has 3 aromatic heterocycles. The number of H-pyrrole nitrogens is 1. The molecule has 1 aromatic carbocycles. The number of rotatable bonds is 4. The number of benzene rings is 1. The Hall–Kier alpha value is -6.30. The van der Waals surface area contributed by atoms with Crippen LogP contribution in [0.3, 0.4) is 0 Å². The van der Waals surface area contributed by atoms with Crippen molar-refractivity contribution in [2.75, 3.05) is 0 Å². The molecule has 12 heteroatoms. The Morgan fingerprint density at radius 2 is 1.33 bits per heavy atom. The van der Waals surface area contributed by atoms with Gasteiger partial charge in [0.05, 0.1) is 33.8 Å². The van der Waals surface area contributed by atoms with Crippen LogP contribution < -0.4 is 0 Å². The van der Waals surface area contributed by atoms with Gasteiger partial charge in [-0.2, -0.15) is 0 Å². The lowest BCUT2D eigenvalue weighted by atomic mass is 9.99. The van der Waals surface area contributed by atoms with E-state index in [1.807, 2.05) is 0 Å². The molecule has 2 aliphatic heterocycles. The standard InChI is InChI=1S/C30H18N4O8/c35-27(36)22-21-12-18-9-7-16(32-18)10-15-6-8-17(31-15)11-19-13-20(14-4-2-1-3-5-14)26(34(19)30(41)42)24(29(39)40)25(33-21)23(22)28(37)38/h1-13,32H,(H,35,36)(H,37,38)(H,39,40)(H,41,42). The lowest BCUT2D eigenvalue weighted by Crippen LogP contribution is -2.14. The summed E-state index contributed by atoms with van der Waals surface area (Å²) in [4.78, 5) is 62.3. The highest BCUT2D eigenvalue weighted by Gasteiger charge is 2.35. The average molecular weight is 562 g/mol. The molecule has 2 aliphatic rings. The first-order valence-corrected chi connectivity index (χ1v) is 12.3. The van der Waals surface area contributed by atoms with Gasteiger partial charge in [0.1, 0.15) is 16.7 Å². The lowest BCUT2D eigenvalue weighted by Gasteiger charge is -2.08. The summed E-state index contributed by atoms with van der Waals surface area (Å²) in [6.07, 6.45) is 1.81. The van der Waals surface area contributed by atoms with Crippen LogP contribution in [0.15, 0.2) is 66.7 Å². The summed E-state index contributed by atoms with van der Waals surface area (Å²) in [6, 6.07) is 17.5. The Labute approximate surface area is 234 Å². The Kier molecular flexibility index (Phi) is 6.00. The highest BCUT2D eigenvalue weighted by Crippen LogP contribution is 2.38. The number of carbonyl (C=O) groups is 4. The van der Waals surface area contributed by atoms with Crippen LogP contribution in [-0.4, -0.2) is 63.9 Å². The summed E-state index contributed by atoms with van der Waals surface area (Å²) < 4.78 is 0.705. The van der Waals surface area contributed by atoms with Crippen LogP contribution in [-0.2, 0) is 9.59 Å². The number of aromatic nitrogens is 4. The third-order valence-electron chi connectivity index (χ3n) is 6.70. The van der Waals surface area contributed by atoms with Crippen LogP contribution in [0.1, 0.15) is 33.1 Å². The molecule has 12 nitrogen and oxygen atoms in total. The molecule has 0 aliphatic carbocycles. The van der Waals surface area contributed by atoms with Crippen molar-refractivity contribution < 1.29 is 39.6 Å². The van der Waals surface area contributed by atoms with Crippen molar-refractivity contribution in [3.8, 4) is 11.1 Å². The number of carboxylic acid groups (broad SMARTS) is 4. The molecule has 206 valence electrons. The molecule has 42 heavy (non-hydrogen) atoms. The van der Waals surface area contributed by atoms with Crippen molar-refractivity contribution >= 4 is 69.4 Å². The minimum Gasteiger partial charge on any atom is -0.478 e. The number of hydrogen-bond acceptors (Lipinski definition) is 6. The van der Waals surface area contributed by atoms with Crippen molar-refractivity contribution in [2.45, 2.75) is 0 Å². The van der Waals surface area contributed by atoms with Gasteiger partial charge in [0.25, 0.3) is 0 Å². The smallest absolute Gasteiger partial charge is 0.416 e. The summed E-state index contributed by atoms with van der Waals surface area (Å²) in [5, 5.41) is 41.0. The zero-order valence-electron chi connectivity index (χ0n) is 21.3. The summed E-state index contributed by atoms with van der Waals surface area (Å²) in [5.74, 6) is -5.12. The first-order valence-electron chi connectivity index (χ1n) is 12.3. The number of nitrogens with zero attached hydrogens (tertiary/aromatic N) is 3. The van der Waals surface area contributed by atoms with Crippen LogP contribution >= 0.6 is 0 Å². The fourth-order valence-corrected chi connectivity index (χ4v) is 5.04. The molecule has 5 N–H and O–H groups in total. The highest BCUT2D eigenvalue weighted by molar-refractivity contribution is 6.38. The summed E-state index contributed by atoms with van der Waals surface area (Å²) in [7, 11) is 0. The average Bonchev–Trinajstić information content (AvgIpc) is 3.71. The molecule has 0 unspecified atom stereocenters. The molecule has 4 aromatic rings. The second-order valence-corrected chi connectivity index (χ2v) is 9.30. The number of aromatic amines is 1. The summed E-state index contributed by atoms with van der Waals surface area (Å²) in [6.45, 7) is 0. The van der Waals surface area contributed by atoms with Gasteiger partial charge in [-0.3, -0.25) is 0 Å². The van der Waals surface area contributed by atoms with Crippen LogP contribution in [0.4, 0.5) is 4.79 Å². The normalized spacial score (nSPS) is 12.4. The van der Waals surface area contributed by atoms with Crippen LogP contribution in [0.5, 0.6) is 0 Å². The maximum Gasteiger partial charge on any atom is 0.416 e. The number of nitrogens with one attached hydrogen (secondary N) is 1. The maximum absolute atomic E-state index is 13.0. The van der Waals surface area contributed by atoms with Gasteiger partial charge in [-0.1, -0.05) is 30.3 Å². The molecule has 0 fully saturated rings.